The Bertz CT molecular complexity index is 670. The third kappa shape index (κ3) is 22.6. The molecule has 6 heteroatoms. The van der Waals surface area contributed by atoms with Crippen LogP contribution in [-0.2, 0) is 10.1 Å². The average molecular weight is 489 g/mol. The highest BCUT2D eigenvalue weighted by molar-refractivity contribution is 7.85. The SMILES string of the molecule is CCCCCCCCCCCCCCCCCC[N+](C)(C)C.O=S(=O)(O)c1ccc(F)cc1. The molecular formula is C27H51FNO3S+. The van der Waals surface area contributed by atoms with Gasteiger partial charge in [0.2, 0.25) is 0 Å². The Hall–Kier alpha value is -0.980. The molecule has 0 aliphatic rings. The van der Waals surface area contributed by atoms with Crippen LogP contribution in [0, 0.1) is 5.82 Å². The molecule has 0 radical (unpaired) electrons. The Morgan fingerprint density at radius 2 is 1.00 bits per heavy atom. The molecule has 0 aromatic heterocycles. The van der Waals surface area contributed by atoms with Crippen molar-refractivity contribution in [2.75, 3.05) is 27.7 Å². The highest BCUT2D eigenvalue weighted by Gasteiger charge is 2.07. The molecular weight excluding hydrogens is 437 g/mol. The second-order valence-electron chi connectivity index (χ2n) is 10.2. The summed E-state index contributed by atoms with van der Waals surface area (Å²) in [6.45, 7) is 3.63. The number of benzene rings is 1. The largest absolute Gasteiger partial charge is 0.331 e. The van der Waals surface area contributed by atoms with Gasteiger partial charge in [0.1, 0.15) is 5.82 Å². The van der Waals surface area contributed by atoms with E-state index in [2.05, 4.69) is 28.1 Å². The number of hydrogen-bond donors (Lipinski definition) is 1. The van der Waals surface area contributed by atoms with Crippen LogP contribution in [0.5, 0.6) is 0 Å². The van der Waals surface area contributed by atoms with Gasteiger partial charge in [-0.2, -0.15) is 8.42 Å². The van der Waals surface area contributed by atoms with Gasteiger partial charge in [0.25, 0.3) is 10.1 Å². The van der Waals surface area contributed by atoms with Crippen molar-refractivity contribution in [1.29, 1.82) is 0 Å². The zero-order valence-electron chi connectivity index (χ0n) is 21.8. The molecule has 33 heavy (non-hydrogen) atoms. The van der Waals surface area contributed by atoms with Crippen LogP contribution in [0.25, 0.3) is 0 Å². The minimum Gasteiger partial charge on any atom is -0.331 e. The van der Waals surface area contributed by atoms with E-state index >= 15 is 0 Å². The first-order valence-corrected chi connectivity index (χ1v) is 14.5. The Morgan fingerprint density at radius 3 is 1.30 bits per heavy atom. The monoisotopic (exact) mass is 488 g/mol. The number of nitrogens with zero attached hydrogens (tertiary/aromatic N) is 1. The third-order valence-corrected chi connectivity index (χ3v) is 6.66. The number of rotatable bonds is 18. The standard InChI is InChI=1S/C21H46N.C6H5FO3S/c1-5-6-7-8-9-10-11-12-13-14-15-16-17-18-19-20-21-22(2,3)4;7-5-1-3-6(4-2-5)11(8,9)10/h5-21H2,1-4H3;1-4H,(H,8,9,10)/q+1;. The summed E-state index contributed by atoms with van der Waals surface area (Å²) in [7, 11) is 2.70. The maximum absolute atomic E-state index is 12.2. The first-order valence-electron chi connectivity index (χ1n) is 13.1. The molecule has 0 spiro atoms. The Balaban J connectivity index is 0.000000771. The molecule has 0 bridgehead atoms. The van der Waals surface area contributed by atoms with E-state index in [9.17, 15) is 12.8 Å². The van der Waals surface area contributed by atoms with Gasteiger partial charge >= 0.3 is 0 Å². The van der Waals surface area contributed by atoms with E-state index in [0.29, 0.717) is 0 Å². The van der Waals surface area contributed by atoms with Crippen LogP contribution in [0.4, 0.5) is 4.39 Å². The van der Waals surface area contributed by atoms with Gasteiger partial charge in [-0.1, -0.05) is 96.8 Å². The normalized spacial score (nSPS) is 11.8. The lowest BCUT2D eigenvalue weighted by atomic mass is 10.0. The van der Waals surface area contributed by atoms with Crippen molar-refractivity contribution >= 4 is 10.1 Å². The van der Waals surface area contributed by atoms with Crippen molar-refractivity contribution < 1.29 is 21.8 Å². The van der Waals surface area contributed by atoms with Crippen LogP contribution >= 0.6 is 0 Å². The maximum atomic E-state index is 12.2. The number of quaternary nitrogens is 1. The summed E-state index contributed by atoms with van der Waals surface area (Å²) in [5.74, 6) is -0.544. The first kappa shape index (κ1) is 32.0. The zero-order chi connectivity index (χ0) is 25.0. The highest BCUT2D eigenvalue weighted by atomic mass is 32.2. The van der Waals surface area contributed by atoms with Crippen LogP contribution in [-0.4, -0.2) is 45.1 Å². The number of hydrogen-bond acceptors (Lipinski definition) is 2. The molecule has 0 aliphatic heterocycles. The summed E-state index contributed by atoms with van der Waals surface area (Å²) >= 11 is 0. The predicted molar refractivity (Wildman–Crippen MR) is 139 cm³/mol. The topological polar surface area (TPSA) is 54.4 Å². The quantitative estimate of drug-likeness (QED) is 0.129. The second-order valence-corrected chi connectivity index (χ2v) is 11.7. The van der Waals surface area contributed by atoms with E-state index in [1.807, 2.05) is 0 Å². The smallest absolute Gasteiger partial charge is 0.294 e. The van der Waals surface area contributed by atoms with Crippen LogP contribution in [0.1, 0.15) is 110 Å². The van der Waals surface area contributed by atoms with Crippen molar-refractivity contribution in [1.82, 2.24) is 0 Å². The van der Waals surface area contributed by atoms with Crippen molar-refractivity contribution in [2.24, 2.45) is 0 Å². The molecule has 194 valence electrons. The van der Waals surface area contributed by atoms with Crippen molar-refractivity contribution in [3.63, 3.8) is 0 Å². The lowest BCUT2D eigenvalue weighted by molar-refractivity contribution is -0.870. The van der Waals surface area contributed by atoms with Gasteiger partial charge in [-0.05, 0) is 37.1 Å². The highest BCUT2D eigenvalue weighted by Crippen LogP contribution is 2.14. The molecule has 0 heterocycles. The van der Waals surface area contributed by atoms with E-state index in [0.717, 1.165) is 28.7 Å². The molecule has 0 unspecified atom stereocenters. The summed E-state index contributed by atoms with van der Waals surface area (Å²) in [5.41, 5.74) is 0. The molecule has 1 aromatic rings. The van der Waals surface area contributed by atoms with Gasteiger partial charge in [0, 0.05) is 0 Å². The van der Waals surface area contributed by atoms with E-state index in [1.165, 1.54) is 109 Å². The summed E-state index contributed by atoms with van der Waals surface area (Å²) < 4.78 is 42.5. The Labute approximate surface area is 204 Å². The molecule has 1 rings (SSSR count). The van der Waals surface area contributed by atoms with Crippen LogP contribution in [0.15, 0.2) is 29.2 Å². The summed E-state index contributed by atoms with van der Waals surface area (Å²) in [5, 5.41) is 0. The second kappa shape index (κ2) is 19.3. The summed E-state index contributed by atoms with van der Waals surface area (Å²) in [6.07, 6.45) is 23.4. The fourth-order valence-electron chi connectivity index (χ4n) is 3.74. The molecule has 1 aromatic carbocycles. The van der Waals surface area contributed by atoms with E-state index in [4.69, 9.17) is 4.55 Å². The van der Waals surface area contributed by atoms with Gasteiger partial charge in [0.15, 0.2) is 0 Å². The zero-order valence-corrected chi connectivity index (χ0v) is 22.6. The van der Waals surface area contributed by atoms with Crippen LogP contribution < -0.4 is 0 Å². The molecule has 0 amide bonds. The van der Waals surface area contributed by atoms with Gasteiger partial charge in [-0.3, -0.25) is 4.55 Å². The Morgan fingerprint density at radius 1 is 0.667 bits per heavy atom. The van der Waals surface area contributed by atoms with Crippen molar-refractivity contribution in [3.8, 4) is 0 Å². The fraction of sp³-hybridized carbons (Fsp3) is 0.778. The lowest BCUT2D eigenvalue weighted by Gasteiger charge is -2.23. The molecule has 0 aliphatic carbocycles. The Kier molecular flexibility index (Phi) is 18.8. The molecule has 4 nitrogen and oxygen atoms in total. The predicted octanol–water partition coefficient (Wildman–Crippen LogP) is 8.03. The van der Waals surface area contributed by atoms with Gasteiger partial charge in [-0.25, -0.2) is 4.39 Å². The van der Waals surface area contributed by atoms with E-state index in [-0.39, 0.29) is 4.90 Å². The molecule has 0 fully saturated rings. The van der Waals surface area contributed by atoms with Gasteiger partial charge in [-0.15, -0.1) is 0 Å². The molecule has 0 atom stereocenters. The van der Waals surface area contributed by atoms with Crippen molar-refractivity contribution in [3.05, 3.63) is 30.1 Å². The summed E-state index contributed by atoms with van der Waals surface area (Å²) in [6, 6.07) is 3.90. The third-order valence-electron chi connectivity index (χ3n) is 5.79. The first-order chi connectivity index (χ1) is 15.6. The number of unbranched alkanes of at least 4 members (excludes halogenated alkanes) is 15. The minimum absolute atomic E-state index is 0.307. The molecule has 0 saturated heterocycles. The van der Waals surface area contributed by atoms with E-state index in [1.54, 1.807) is 0 Å². The number of halogens is 1. The fourth-order valence-corrected chi connectivity index (χ4v) is 4.22. The molecule has 1 N–H and O–H groups in total. The maximum Gasteiger partial charge on any atom is 0.294 e. The average Bonchev–Trinajstić information content (AvgIpc) is 2.73. The van der Waals surface area contributed by atoms with Crippen LogP contribution in [0.2, 0.25) is 0 Å². The minimum atomic E-state index is -4.19. The van der Waals surface area contributed by atoms with Gasteiger partial charge < -0.3 is 4.48 Å². The van der Waals surface area contributed by atoms with Crippen molar-refractivity contribution in [2.45, 2.75) is 115 Å². The molecule has 0 saturated carbocycles. The summed E-state index contributed by atoms with van der Waals surface area (Å²) in [4.78, 5) is -0.307. The lowest BCUT2D eigenvalue weighted by Crippen LogP contribution is -2.35. The van der Waals surface area contributed by atoms with Crippen LogP contribution in [0.3, 0.4) is 0 Å². The van der Waals surface area contributed by atoms with Gasteiger partial charge in [0.05, 0.1) is 32.6 Å². The van der Waals surface area contributed by atoms with E-state index < -0.39 is 15.9 Å².